The summed E-state index contributed by atoms with van der Waals surface area (Å²) in [5, 5.41) is 5.39. The molecule has 0 unspecified atom stereocenters. The highest BCUT2D eigenvalue weighted by Gasteiger charge is 2.09. The van der Waals surface area contributed by atoms with E-state index in [0.717, 1.165) is 11.1 Å². The van der Waals surface area contributed by atoms with Gasteiger partial charge >= 0.3 is 6.09 Å². The van der Waals surface area contributed by atoms with Crippen molar-refractivity contribution in [2.45, 2.75) is 6.92 Å². The minimum Gasteiger partial charge on any atom is -0.449 e. The Bertz CT molecular complexity index is 620. The Morgan fingerprint density at radius 3 is 1.86 bits per heavy atom. The van der Waals surface area contributed by atoms with Crippen LogP contribution in [0, 0.1) is 0 Å². The number of hydrazone groups is 1. The lowest BCUT2D eigenvalue weighted by Gasteiger charge is -2.08. The average molecular weight is 337 g/mol. The van der Waals surface area contributed by atoms with E-state index in [-0.39, 0.29) is 6.61 Å². The first-order valence-electron chi connectivity index (χ1n) is 6.62. The molecule has 1 amide bonds. The normalized spacial score (nSPS) is 9.95. The van der Waals surface area contributed by atoms with Gasteiger partial charge < -0.3 is 4.74 Å². The molecule has 6 heteroatoms. The zero-order chi connectivity index (χ0) is 15.9. The van der Waals surface area contributed by atoms with Crippen molar-refractivity contribution in [2.75, 3.05) is 6.61 Å². The van der Waals surface area contributed by atoms with Crippen LogP contribution in [0.25, 0.3) is 0 Å². The molecule has 0 aliphatic carbocycles. The molecule has 0 bridgehead atoms. The van der Waals surface area contributed by atoms with E-state index in [4.69, 9.17) is 27.9 Å². The van der Waals surface area contributed by atoms with Crippen LogP contribution in [0.4, 0.5) is 4.79 Å². The van der Waals surface area contributed by atoms with E-state index in [9.17, 15) is 4.79 Å². The summed E-state index contributed by atoms with van der Waals surface area (Å²) in [6.07, 6.45) is -0.608. The van der Waals surface area contributed by atoms with Crippen molar-refractivity contribution in [1.29, 1.82) is 0 Å². The van der Waals surface area contributed by atoms with E-state index in [0.29, 0.717) is 15.8 Å². The topological polar surface area (TPSA) is 50.7 Å². The summed E-state index contributed by atoms with van der Waals surface area (Å²) in [7, 11) is 0. The molecule has 0 spiro atoms. The molecule has 22 heavy (non-hydrogen) atoms. The second-order valence-corrected chi connectivity index (χ2v) is 5.18. The molecule has 2 aromatic carbocycles. The molecular formula is C16H14Cl2N2O2. The van der Waals surface area contributed by atoms with Gasteiger partial charge in [0.15, 0.2) is 0 Å². The van der Waals surface area contributed by atoms with Crippen LogP contribution in [0.1, 0.15) is 18.1 Å². The van der Waals surface area contributed by atoms with Crippen molar-refractivity contribution in [2.24, 2.45) is 5.10 Å². The van der Waals surface area contributed by atoms with Gasteiger partial charge in [-0.15, -0.1) is 0 Å². The molecule has 0 heterocycles. The lowest BCUT2D eigenvalue weighted by atomic mass is 10.0. The van der Waals surface area contributed by atoms with E-state index in [1.807, 2.05) is 24.3 Å². The van der Waals surface area contributed by atoms with Crippen molar-refractivity contribution < 1.29 is 9.53 Å². The van der Waals surface area contributed by atoms with Crippen molar-refractivity contribution in [3.8, 4) is 0 Å². The predicted octanol–water partition coefficient (Wildman–Crippen LogP) is 4.49. The summed E-state index contributed by atoms with van der Waals surface area (Å²) in [4.78, 5) is 11.4. The van der Waals surface area contributed by atoms with Gasteiger partial charge in [-0.2, -0.15) is 5.10 Å². The zero-order valence-corrected chi connectivity index (χ0v) is 13.4. The summed E-state index contributed by atoms with van der Waals surface area (Å²) in [5.41, 5.74) is 4.57. The molecule has 0 aliphatic heterocycles. The molecule has 2 aromatic rings. The lowest BCUT2D eigenvalue weighted by molar-refractivity contribution is 0.152. The third-order valence-corrected chi connectivity index (χ3v) is 3.27. The maximum absolute atomic E-state index is 11.4. The molecule has 0 atom stereocenters. The van der Waals surface area contributed by atoms with Gasteiger partial charge in [-0.3, -0.25) is 0 Å². The Hall–Kier alpha value is -2.04. The molecule has 2 rings (SSSR count). The van der Waals surface area contributed by atoms with Crippen LogP contribution < -0.4 is 5.43 Å². The third-order valence-electron chi connectivity index (χ3n) is 2.77. The van der Waals surface area contributed by atoms with Gasteiger partial charge in [-0.1, -0.05) is 47.5 Å². The minimum absolute atomic E-state index is 0.276. The number of benzene rings is 2. The van der Waals surface area contributed by atoms with Crippen LogP contribution in [0.2, 0.25) is 10.0 Å². The molecule has 1 N–H and O–H groups in total. The number of hydrogen-bond acceptors (Lipinski definition) is 3. The number of nitrogens with one attached hydrogen (secondary N) is 1. The highest BCUT2D eigenvalue weighted by Crippen LogP contribution is 2.16. The van der Waals surface area contributed by atoms with E-state index in [1.54, 1.807) is 31.2 Å². The van der Waals surface area contributed by atoms with Gasteiger partial charge in [0.2, 0.25) is 0 Å². The monoisotopic (exact) mass is 336 g/mol. The molecule has 0 aromatic heterocycles. The Morgan fingerprint density at radius 1 is 1.00 bits per heavy atom. The smallest absolute Gasteiger partial charge is 0.427 e. The standard InChI is InChI=1S/C16H14Cl2N2O2/c1-2-22-16(21)20-19-15(11-3-7-13(17)8-4-11)12-5-9-14(18)10-6-12/h3-10H,2H2,1H3,(H,20,21). The SMILES string of the molecule is CCOC(=O)NN=C(c1ccc(Cl)cc1)c1ccc(Cl)cc1. The quantitative estimate of drug-likeness (QED) is 0.660. The van der Waals surface area contributed by atoms with Crippen LogP contribution >= 0.6 is 23.2 Å². The van der Waals surface area contributed by atoms with Crippen LogP contribution in [0.5, 0.6) is 0 Å². The van der Waals surface area contributed by atoms with E-state index >= 15 is 0 Å². The molecule has 0 fully saturated rings. The van der Waals surface area contributed by atoms with Gasteiger partial charge in [-0.05, 0) is 31.2 Å². The van der Waals surface area contributed by atoms with Crippen LogP contribution in [0.15, 0.2) is 53.6 Å². The summed E-state index contributed by atoms with van der Waals surface area (Å²) >= 11 is 11.8. The summed E-state index contributed by atoms with van der Waals surface area (Å²) in [6.45, 7) is 2.00. The Kier molecular flexibility index (Phi) is 5.81. The number of amides is 1. The second kappa shape index (κ2) is 7.82. The Morgan fingerprint density at radius 2 is 1.45 bits per heavy atom. The maximum atomic E-state index is 11.4. The number of hydrogen-bond donors (Lipinski definition) is 1. The van der Waals surface area contributed by atoms with E-state index in [2.05, 4.69) is 10.5 Å². The summed E-state index contributed by atoms with van der Waals surface area (Å²) in [5.74, 6) is 0. The number of carbonyl (C=O) groups is 1. The molecular weight excluding hydrogens is 323 g/mol. The number of halogens is 2. The minimum atomic E-state index is -0.608. The van der Waals surface area contributed by atoms with E-state index in [1.165, 1.54) is 0 Å². The molecule has 0 aliphatic rings. The average Bonchev–Trinajstić information content (AvgIpc) is 2.51. The first kappa shape index (κ1) is 16.3. The van der Waals surface area contributed by atoms with Crippen LogP contribution in [-0.4, -0.2) is 18.4 Å². The Balaban J connectivity index is 2.35. The molecule has 114 valence electrons. The van der Waals surface area contributed by atoms with Crippen molar-refractivity contribution >= 4 is 35.0 Å². The number of ether oxygens (including phenoxy) is 1. The second-order valence-electron chi connectivity index (χ2n) is 4.31. The van der Waals surface area contributed by atoms with Gasteiger partial charge in [0.25, 0.3) is 0 Å². The largest absolute Gasteiger partial charge is 0.449 e. The summed E-state index contributed by atoms with van der Waals surface area (Å²) < 4.78 is 4.80. The fourth-order valence-corrected chi connectivity index (χ4v) is 2.03. The lowest BCUT2D eigenvalue weighted by Crippen LogP contribution is -2.21. The van der Waals surface area contributed by atoms with Gasteiger partial charge in [-0.25, -0.2) is 10.2 Å². The fraction of sp³-hybridized carbons (Fsp3) is 0.125. The van der Waals surface area contributed by atoms with Gasteiger partial charge in [0, 0.05) is 21.2 Å². The third kappa shape index (κ3) is 4.48. The molecule has 0 radical (unpaired) electrons. The fourth-order valence-electron chi connectivity index (χ4n) is 1.78. The summed E-state index contributed by atoms with van der Waals surface area (Å²) in [6, 6.07) is 14.3. The molecule has 4 nitrogen and oxygen atoms in total. The highest BCUT2D eigenvalue weighted by molar-refractivity contribution is 6.31. The number of carbonyl (C=O) groups excluding carboxylic acids is 1. The number of nitrogens with zero attached hydrogens (tertiary/aromatic N) is 1. The van der Waals surface area contributed by atoms with Crippen LogP contribution in [-0.2, 0) is 4.74 Å². The first-order valence-corrected chi connectivity index (χ1v) is 7.38. The van der Waals surface area contributed by atoms with Gasteiger partial charge in [0.1, 0.15) is 0 Å². The zero-order valence-electron chi connectivity index (χ0n) is 11.8. The van der Waals surface area contributed by atoms with Crippen molar-refractivity contribution in [3.05, 3.63) is 69.7 Å². The maximum Gasteiger partial charge on any atom is 0.427 e. The van der Waals surface area contributed by atoms with Crippen LogP contribution in [0.3, 0.4) is 0 Å². The van der Waals surface area contributed by atoms with Crippen molar-refractivity contribution in [3.63, 3.8) is 0 Å². The predicted molar refractivity (Wildman–Crippen MR) is 88.7 cm³/mol. The van der Waals surface area contributed by atoms with E-state index < -0.39 is 6.09 Å². The molecule has 0 saturated heterocycles. The van der Waals surface area contributed by atoms with Gasteiger partial charge in [0.05, 0.1) is 12.3 Å². The highest BCUT2D eigenvalue weighted by atomic mass is 35.5. The number of rotatable bonds is 4. The molecule has 0 saturated carbocycles. The first-order chi connectivity index (χ1) is 10.6. The van der Waals surface area contributed by atoms with Crippen molar-refractivity contribution in [1.82, 2.24) is 5.43 Å². The Labute approximate surface area is 138 Å².